The quantitative estimate of drug-likeness (QED) is 0.0366. The van der Waals surface area contributed by atoms with E-state index in [4.69, 9.17) is 30.6 Å². The van der Waals surface area contributed by atoms with E-state index in [2.05, 4.69) is 82.0 Å². The van der Waals surface area contributed by atoms with E-state index in [9.17, 15) is 19.2 Å². The zero-order valence-electron chi connectivity index (χ0n) is 41.8. The first-order valence-electron chi connectivity index (χ1n) is 25.7. The van der Waals surface area contributed by atoms with Crippen molar-refractivity contribution in [2.75, 3.05) is 26.7 Å². The molecule has 2 aliphatic rings. The van der Waals surface area contributed by atoms with Crippen molar-refractivity contribution in [3.63, 3.8) is 0 Å². The van der Waals surface area contributed by atoms with Crippen LogP contribution in [0.1, 0.15) is 200 Å². The third-order valence-electron chi connectivity index (χ3n) is 12.8. The molecule has 2 heterocycles. The molecule has 0 radical (unpaired) electrons. The molecule has 1 aliphatic heterocycles. The average Bonchev–Trinajstić information content (AvgIpc) is 3.72. The van der Waals surface area contributed by atoms with Gasteiger partial charge >= 0.3 is 17.9 Å². The minimum absolute atomic E-state index is 0.0445. The summed E-state index contributed by atoms with van der Waals surface area (Å²) < 4.78 is 0. The number of hydrogen-bond donors (Lipinski definition) is 7. The maximum absolute atomic E-state index is 12.9. The first kappa shape index (κ1) is 60.2. The number of hydrogen-bond acceptors (Lipinski definition) is 8. The number of rotatable bonds is 30. The van der Waals surface area contributed by atoms with E-state index in [-0.39, 0.29) is 11.8 Å². The highest BCUT2D eigenvalue weighted by atomic mass is 16.4. The van der Waals surface area contributed by atoms with Crippen molar-refractivity contribution in [1.29, 1.82) is 0 Å². The molecule has 0 fully saturated rings. The van der Waals surface area contributed by atoms with Crippen molar-refractivity contribution in [3.8, 4) is 0 Å². The van der Waals surface area contributed by atoms with Crippen molar-refractivity contribution in [2.45, 2.75) is 219 Å². The summed E-state index contributed by atoms with van der Waals surface area (Å²) in [6.45, 7) is 13.0. The molecule has 7 N–H and O–H groups in total. The van der Waals surface area contributed by atoms with Gasteiger partial charge in [0.2, 0.25) is 5.91 Å². The molecule has 13 heteroatoms. The molecule has 1 aromatic heterocycles. The fourth-order valence-corrected chi connectivity index (χ4v) is 8.63. The van der Waals surface area contributed by atoms with Crippen LogP contribution in [-0.2, 0) is 25.6 Å². The minimum atomic E-state index is -1.16. The molecule has 66 heavy (non-hydrogen) atoms. The summed E-state index contributed by atoms with van der Waals surface area (Å²) in [5.41, 5.74) is 5.21. The van der Waals surface area contributed by atoms with Crippen LogP contribution in [0.15, 0.2) is 30.5 Å². The van der Waals surface area contributed by atoms with Crippen LogP contribution in [0.25, 0.3) is 16.5 Å². The Morgan fingerprint density at radius 3 is 1.39 bits per heavy atom. The summed E-state index contributed by atoms with van der Waals surface area (Å²) in [6.07, 6.45) is 27.3. The highest BCUT2D eigenvalue weighted by Crippen LogP contribution is 2.41. The van der Waals surface area contributed by atoms with E-state index >= 15 is 0 Å². The lowest BCUT2D eigenvalue weighted by molar-refractivity contribution is -0.147. The maximum atomic E-state index is 12.9. The number of nitrogens with one attached hydrogen (secondary N) is 1. The van der Waals surface area contributed by atoms with Gasteiger partial charge in [0.05, 0.1) is 5.92 Å². The third-order valence-corrected chi connectivity index (χ3v) is 12.8. The van der Waals surface area contributed by atoms with Crippen molar-refractivity contribution < 1.29 is 49.8 Å². The lowest BCUT2D eigenvalue weighted by Gasteiger charge is -2.40. The number of fused-ring (bicyclic) bond motifs is 2. The average molecular weight is 930 g/mol. The number of aromatic nitrogens is 1. The van der Waals surface area contributed by atoms with Crippen LogP contribution < -0.4 is 0 Å². The van der Waals surface area contributed by atoms with Gasteiger partial charge in [-0.15, -0.1) is 0 Å². The predicted octanol–water partition coefficient (Wildman–Crippen LogP) is 10.6. The Morgan fingerprint density at radius 1 is 0.621 bits per heavy atom. The van der Waals surface area contributed by atoms with Crippen LogP contribution >= 0.6 is 0 Å². The van der Waals surface area contributed by atoms with Crippen LogP contribution in [0.4, 0.5) is 0 Å². The monoisotopic (exact) mass is 930 g/mol. The number of nitrogens with zero attached hydrogens (tertiary/aromatic N) is 2. The number of unbranched alkanes of at least 4 members (excludes halogenated alkanes) is 18. The second-order valence-electron chi connectivity index (χ2n) is 18.2. The molecule has 4 rings (SSSR count). The number of carbonyl (C=O) groups is 4. The standard InChI is InChI=1S/C20H25N3O.C12H24O3.C11H22O3.C10H20O3/c1-4-23(5-2)20(24)14-9-16-15-7-6-8-17-19(15)13(11-21-17)10-18(16)22(3)12-14;1-2-3-4-5-6-7-8-9-10-11(13)12(14)15;1-2-3-4-5-6-7-8-9-10(12)11(13)14;1-2-3-4-5-6-7-8-9(11)10(12)13/h6-9,11,14,18,21H,4-5,10,12H2,1-3H3;11,13H,2-10H2,1H3,(H,14,15);10,12H,2-9H2,1H3,(H,13,14);9,11H,2-8H2,1H3,(H,12,13)/t14-,18-;;;/m1.../s1. The number of aliphatic carboxylic acids is 3. The van der Waals surface area contributed by atoms with Gasteiger partial charge in [0, 0.05) is 42.8 Å². The Bertz CT molecular complexity index is 1660. The molecule has 378 valence electrons. The maximum Gasteiger partial charge on any atom is 0.332 e. The highest BCUT2D eigenvalue weighted by molar-refractivity contribution is 5.99. The van der Waals surface area contributed by atoms with E-state index in [1.807, 2.05) is 4.90 Å². The molecule has 3 unspecified atom stereocenters. The summed E-state index contributed by atoms with van der Waals surface area (Å²) in [5, 5.41) is 53.4. The first-order valence-corrected chi connectivity index (χ1v) is 25.7. The molecule has 0 saturated heterocycles. The predicted molar refractivity (Wildman–Crippen MR) is 267 cm³/mol. The molecule has 1 aromatic carbocycles. The van der Waals surface area contributed by atoms with E-state index in [1.54, 1.807) is 0 Å². The van der Waals surface area contributed by atoms with Crippen LogP contribution in [0.5, 0.6) is 0 Å². The molecular formula is C53H91N3O10. The normalized spacial score (nSPS) is 16.5. The van der Waals surface area contributed by atoms with Crippen molar-refractivity contribution in [1.82, 2.24) is 14.8 Å². The highest BCUT2D eigenvalue weighted by Gasteiger charge is 2.36. The molecule has 13 nitrogen and oxygen atoms in total. The van der Waals surface area contributed by atoms with Gasteiger partial charge in [-0.3, -0.25) is 9.69 Å². The Morgan fingerprint density at radius 2 is 1.02 bits per heavy atom. The van der Waals surface area contributed by atoms with Crippen LogP contribution in [0.3, 0.4) is 0 Å². The zero-order chi connectivity index (χ0) is 49.3. The SMILES string of the molecule is CCCCCCCCC(O)C(=O)O.CCCCCCCCCC(O)C(=O)O.CCCCCCCCCCC(O)C(=O)O.CCN(CC)C(=O)[C@@H]1C=C2c3cccc4[nH]cc(c34)C[C@H]2N(C)C1. The van der Waals surface area contributed by atoms with Gasteiger partial charge in [0.25, 0.3) is 0 Å². The van der Waals surface area contributed by atoms with Crippen LogP contribution in [0.2, 0.25) is 0 Å². The lowest BCUT2D eigenvalue weighted by atomic mass is 9.79. The Labute approximate surface area is 397 Å². The number of aromatic amines is 1. The van der Waals surface area contributed by atoms with Gasteiger partial charge in [0.15, 0.2) is 18.3 Å². The van der Waals surface area contributed by atoms with Gasteiger partial charge in [-0.25, -0.2) is 14.4 Å². The second-order valence-corrected chi connectivity index (χ2v) is 18.2. The van der Waals surface area contributed by atoms with Gasteiger partial charge in [0.1, 0.15) is 0 Å². The largest absolute Gasteiger partial charge is 0.479 e. The zero-order valence-corrected chi connectivity index (χ0v) is 41.8. The van der Waals surface area contributed by atoms with Gasteiger partial charge in [-0.1, -0.05) is 174 Å². The van der Waals surface area contributed by atoms with Gasteiger partial charge < -0.3 is 40.5 Å². The topological polar surface area (TPSA) is 212 Å². The van der Waals surface area contributed by atoms with E-state index in [0.717, 1.165) is 83.8 Å². The van der Waals surface area contributed by atoms with Crippen molar-refractivity contribution in [3.05, 3.63) is 41.6 Å². The van der Waals surface area contributed by atoms with E-state index < -0.39 is 36.2 Å². The van der Waals surface area contributed by atoms with Crippen molar-refractivity contribution >= 4 is 40.3 Å². The minimum Gasteiger partial charge on any atom is -0.479 e. The fourth-order valence-electron chi connectivity index (χ4n) is 8.63. The Hall–Kier alpha value is -3.78. The first-order chi connectivity index (χ1) is 31.7. The Kier molecular flexibility index (Phi) is 33.1. The number of likely N-dealkylation sites (N-methyl/N-ethyl adjacent to an activating group) is 1. The molecule has 0 spiro atoms. The number of aliphatic hydroxyl groups is 3. The van der Waals surface area contributed by atoms with E-state index in [1.165, 1.54) is 105 Å². The molecule has 0 bridgehead atoms. The number of carboxylic acids is 3. The lowest BCUT2D eigenvalue weighted by Crippen LogP contribution is -2.47. The fraction of sp³-hybridized carbons (Fsp3) is 0.736. The molecule has 1 aliphatic carbocycles. The van der Waals surface area contributed by atoms with E-state index in [0.29, 0.717) is 25.3 Å². The summed E-state index contributed by atoms with van der Waals surface area (Å²) in [6, 6.07) is 6.82. The van der Waals surface area contributed by atoms with Crippen LogP contribution in [0, 0.1) is 5.92 Å². The summed E-state index contributed by atoms with van der Waals surface area (Å²) in [7, 11) is 2.15. The summed E-state index contributed by atoms with van der Waals surface area (Å²) in [4.78, 5) is 51.3. The number of carbonyl (C=O) groups excluding carboxylic acids is 1. The summed E-state index contributed by atoms with van der Waals surface area (Å²) >= 11 is 0. The number of benzene rings is 1. The molecule has 2 aromatic rings. The smallest absolute Gasteiger partial charge is 0.332 e. The molecule has 1 amide bonds. The number of H-pyrrole nitrogens is 1. The van der Waals surface area contributed by atoms with Crippen LogP contribution in [-0.4, -0.2) is 120 Å². The summed E-state index contributed by atoms with van der Waals surface area (Å²) in [5.74, 6) is -3.09. The van der Waals surface area contributed by atoms with Gasteiger partial charge in [-0.05, 0) is 69.3 Å². The molecule has 5 atom stereocenters. The third kappa shape index (κ3) is 23.8. The Balaban J connectivity index is 0.000000460. The molecular weight excluding hydrogens is 839 g/mol. The molecule has 0 saturated carbocycles. The number of carboxylic acid groups (broad SMARTS) is 3. The number of amides is 1. The second kappa shape index (κ2) is 36.3. The number of aliphatic hydroxyl groups excluding tert-OH is 3. The van der Waals surface area contributed by atoms with Gasteiger partial charge in [-0.2, -0.15) is 0 Å². The van der Waals surface area contributed by atoms with Crippen molar-refractivity contribution in [2.24, 2.45) is 5.92 Å².